The zero-order valence-corrected chi connectivity index (χ0v) is 35.1. The van der Waals surface area contributed by atoms with Gasteiger partial charge in [0.1, 0.15) is 17.6 Å². The molecule has 58 heavy (non-hydrogen) atoms. The highest BCUT2D eigenvalue weighted by molar-refractivity contribution is 7.89. The number of nitrogens with one attached hydrogen (secondary N) is 1. The zero-order chi connectivity index (χ0) is 41.4. The Morgan fingerprint density at radius 2 is 1.47 bits per heavy atom. The predicted molar refractivity (Wildman–Crippen MR) is 220 cm³/mol. The first-order valence-corrected chi connectivity index (χ1v) is 21.3. The summed E-state index contributed by atoms with van der Waals surface area (Å²) in [5.74, 6) is 0.325. The highest BCUT2D eigenvalue weighted by atomic mass is 35.5. The largest absolute Gasteiger partial charge is 0.493 e. The van der Waals surface area contributed by atoms with E-state index < -0.39 is 22.1 Å². The van der Waals surface area contributed by atoms with Crippen LogP contribution in [-0.2, 0) is 29.1 Å². The van der Waals surface area contributed by atoms with Crippen molar-refractivity contribution in [3.8, 4) is 5.75 Å². The molecule has 0 bridgehead atoms. The third-order valence-electron chi connectivity index (χ3n) is 10.3. The Bertz CT molecular complexity index is 2060. The summed E-state index contributed by atoms with van der Waals surface area (Å²) in [6, 6.07) is 17.3. The van der Waals surface area contributed by atoms with E-state index in [1.165, 1.54) is 30.7 Å². The molecule has 3 aliphatic heterocycles. The van der Waals surface area contributed by atoms with Gasteiger partial charge in [-0.1, -0.05) is 47.5 Å². The summed E-state index contributed by atoms with van der Waals surface area (Å²) < 4.78 is 46.4. The Morgan fingerprint density at radius 3 is 2.05 bits per heavy atom. The molecule has 18 heteroatoms. The van der Waals surface area contributed by atoms with E-state index in [1.54, 1.807) is 45.0 Å². The molecular formula is C40H49Cl2N7O8S. The van der Waals surface area contributed by atoms with Gasteiger partial charge in [-0.15, -0.1) is 0 Å². The highest BCUT2D eigenvalue weighted by Crippen LogP contribution is 2.46. The molecule has 0 spiro atoms. The molecule has 6 rings (SSSR count). The fraction of sp³-hybridized carbons (Fsp3) is 0.450. The van der Waals surface area contributed by atoms with Crippen LogP contribution in [0.15, 0.2) is 76.6 Å². The number of aliphatic imine (C=N–C) groups is 1. The van der Waals surface area contributed by atoms with Gasteiger partial charge in [0.25, 0.3) is 0 Å². The first kappa shape index (κ1) is 43.3. The summed E-state index contributed by atoms with van der Waals surface area (Å²) in [4.78, 5) is 52.4. The van der Waals surface area contributed by atoms with Crippen LogP contribution in [0.5, 0.6) is 5.75 Å². The van der Waals surface area contributed by atoms with Gasteiger partial charge >= 0.3 is 6.03 Å². The van der Waals surface area contributed by atoms with Crippen LogP contribution in [0.4, 0.5) is 4.79 Å². The normalized spacial score (nSPS) is 19.0. The molecule has 2 fully saturated rings. The maximum atomic E-state index is 15.2. The number of hydrogen-bond donors (Lipinski definition) is 1. The topological polar surface area (TPSA) is 154 Å². The van der Waals surface area contributed by atoms with E-state index in [4.69, 9.17) is 42.4 Å². The highest BCUT2D eigenvalue weighted by Gasteiger charge is 2.45. The van der Waals surface area contributed by atoms with Crippen LogP contribution in [0.25, 0.3) is 0 Å². The Hall–Kier alpha value is -4.29. The van der Waals surface area contributed by atoms with Crippen molar-refractivity contribution in [2.75, 3.05) is 99.5 Å². The lowest BCUT2D eigenvalue weighted by Gasteiger charge is -2.39. The summed E-state index contributed by atoms with van der Waals surface area (Å²) in [7, 11) is -1.09. The number of piperazine rings is 2. The number of benzene rings is 3. The van der Waals surface area contributed by atoms with Gasteiger partial charge in [-0.05, 0) is 60.5 Å². The maximum Gasteiger partial charge on any atom is 0.326 e. The molecule has 1 N–H and O–H groups in total. The van der Waals surface area contributed by atoms with Crippen molar-refractivity contribution in [3.05, 3.63) is 93.5 Å². The summed E-state index contributed by atoms with van der Waals surface area (Å²) >= 11 is 12.7. The first-order valence-electron chi connectivity index (χ1n) is 19.1. The van der Waals surface area contributed by atoms with Crippen LogP contribution in [0.2, 0.25) is 10.0 Å². The number of amidine groups is 1. The number of halogens is 2. The number of ether oxygens (including phenoxy) is 3. The van der Waals surface area contributed by atoms with Crippen molar-refractivity contribution in [3.63, 3.8) is 0 Å². The predicted octanol–water partition coefficient (Wildman–Crippen LogP) is 3.92. The molecule has 3 heterocycles. The molecule has 0 radical (unpaired) electrons. The van der Waals surface area contributed by atoms with Gasteiger partial charge in [-0.3, -0.25) is 24.4 Å². The van der Waals surface area contributed by atoms with Gasteiger partial charge in [-0.2, -0.15) is 4.31 Å². The molecule has 15 nitrogen and oxygen atoms in total. The fourth-order valence-corrected chi connectivity index (χ4v) is 8.97. The second-order valence-electron chi connectivity index (χ2n) is 14.0. The number of nitrogens with zero attached hydrogens (tertiary/aromatic N) is 6. The van der Waals surface area contributed by atoms with Crippen LogP contribution >= 0.6 is 23.2 Å². The van der Waals surface area contributed by atoms with Crippen LogP contribution in [0.1, 0.15) is 35.7 Å². The quantitative estimate of drug-likeness (QED) is 0.240. The zero-order valence-electron chi connectivity index (χ0n) is 32.8. The SMILES string of the molecule is CCOc1ccc(S(=O)(=O)N(CCOC)CCOC)cc1C1=NC(c2ccc(Cl)cc2)C(c2ccc(Cl)cc2)N1C(=O)N1CCN(C(=O)CN2CCNC(=O)C2)CC1. The Labute approximate surface area is 349 Å². The Balaban J connectivity index is 1.41. The molecule has 0 aliphatic carbocycles. The molecular weight excluding hydrogens is 809 g/mol. The fourth-order valence-electron chi connectivity index (χ4n) is 7.28. The van der Waals surface area contributed by atoms with Crippen molar-refractivity contribution < 1.29 is 37.0 Å². The first-order chi connectivity index (χ1) is 27.9. The van der Waals surface area contributed by atoms with Gasteiger partial charge in [-0.25, -0.2) is 13.2 Å². The van der Waals surface area contributed by atoms with E-state index in [9.17, 15) is 18.0 Å². The average molecular weight is 859 g/mol. The molecule has 0 saturated carbocycles. The summed E-state index contributed by atoms with van der Waals surface area (Å²) in [5, 5.41) is 3.81. The Kier molecular flexibility index (Phi) is 14.7. The minimum Gasteiger partial charge on any atom is -0.493 e. The lowest BCUT2D eigenvalue weighted by molar-refractivity contribution is -0.135. The van der Waals surface area contributed by atoms with E-state index >= 15 is 4.79 Å². The number of sulfonamides is 1. The number of urea groups is 1. The van der Waals surface area contributed by atoms with Gasteiger partial charge in [0.05, 0.1) is 49.4 Å². The molecule has 312 valence electrons. The van der Waals surface area contributed by atoms with E-state index in [0.29, 0.717) is 34.4 Å². The van der Waals surface area contributed by atoms with Gasteiger partial charge in [0.15, 0.2) is 0 Å². The number of amides is 4. The van der Waals surface area contributed by atoms with Crippen molar-refractivity contribution in [1.82, 2.24) is 29.2 Å². The van der Waals surface area contributed by atoms with Crippen LogP contribution in [0.3, 0.4) is 0 Å². The number of rotatable bonds is 15. The monoisotopic (exact) mass is 857 g/mol. The molecule has 4 amide bonds. The van der Waals surface area contributed by atoms with Gasteiger partial charge in [0.2, 0.25) is 21.8 Å². The van der Waals surface area contributed by atoms with Gasteiger partial charge in [0, 0.05) is 76.6 Å². The maximum absolute atomic E-state index is 15.2. The average Bonchev–Trinajstić information content (AvgIpc) is 3.61. The lowest BCUT2D eigenvalue weighted by Crippen LogP contribution is -2.57. The third-order valence-corrected chi connectivity index (χ3v) is 12.7. The van der Waals surface area contributed by atoms with Crippen LogP contribution in [0, 0.1) is 0 Å². The molecule has 0 aromatic heterocycles. The second-order valence-corrected chi connectivity index (χ2v) is 16.8. The Morgan fingerprint density at radius 1 is 0.862 bits per heavy atom. The molecule has 2 saturated heterocycles. The molecule has 3 aliphatic rings. The van der Waals surface area contributed by atoms with Crippen molar-refractivity contribution in [2.45, 2.75) is 23.9 Å². The van der Waals surface area contributed by atoms with E-state index in [-0.39, 0.29) is 101 Å². The molecule has 2 atom stereocenters. The van der Waals surface area contributed by atoms with Crippen LogP contribution < -0.4 is 10.1 Å². The minimum atomic E-state index is -4.10. The lowest BCUT2D eigenvalue weighted by atomic mass is 9.93. The molecule has 2 unspecified atom stereocenters. The van der Waals surface area contributed by atoms with Crippen molar-refractivity contribution in [1.29, 1.82) is 0 Å². The van der Waals surface area contributed by atoms with E-state index in [1.807, 2.05) is 36.1 Å². The second kappa shape index (κ2) is 19.6. The third kappa shape index (κ3) is 9.93. The smallest absolute Gasteiger partial charge is 0.326 e. The minimum absolute atomic E-state index is 0.0236. The van der Waals surface area contributed by atoms with Crippen LogP contribution in [-0.4, -0.2) is 155 Å². The number of hydrogen-bond acceptors (Lipinski definition) is 10. The summed E-state index contributed by atoms with van der Waals surface area (Å²) in [6.45, 7) is 4.97. The van der Waals surface area contributed by atoms with Gasteiger partial charge < -0.3 is 29.3 Å². The van der Waals surface area contributed by atoms with Crippen molar-refractivity contribution >= 4 is 56.9 Å². The number of methoxy groups -OCH3 is 2. The number of carbonyl (C=O) groups excluding carboxylic acids is 3. The molecule has 3 aromatic carbocycles. The summed E-state index contributed by atoms with van der Waals surface area (Å²) in [6.07, 6.45) is 0. The molecule has 3 aromatic rings. The summed E-state index contributed by atoms with van der Waals surface area (Å²) in [5.41, 5.74) is 1.82. The standard InChI is InChI=1S/C40H49Cl2N7O8S/c1-4-57-34-14-13-32(58(53,54)48(21-23-55-2)22-24-56-3)25-33(34)39-44-37(28-5-9-30(41)10-6-28)38(29-7-11-31(42)12-8-29)49(39)40(52)47-19-17-46(18-20-47)36(51)27-45-16-15-43-35(50)26-45/h5-14,25,37-38H,4,15-24,26-27H2,1-3H3,(H,43,50). The van der Waals surface area contributed by atoms with Crippen molar-refractivity contribution in [2.24, 2.45) is 4.99 Å². The number of carbonyl (C=O) groups is 3. The van der Waals surface area contributed by atoms with E-state index in [0.717, 1.165) is 11.1 Å². The van der Waals surface area contributed by atoms with E-state index in [2.05, 4.69) is 5.32 Å².